The SMILES string of the molecule is COc1cc(C=NNC(=O)c2ccc(O)c(Cl)c2)cc(OC)c1OCC(=O)NCc1ccc(OC(F)(F)F)cc1. The molecule has 0 aromatic heterocycles. The lowest BCUT2D eigenvalue weighted by Gasteiger charge is -2.15. The summed E-state index contributed by atoms with van der Waals surface area (Å²) in [4.78, 5) is 24.5. The van der Waals surface area contributed by atoms with Crippen LogP contribution in [0.3, 0.4) is 0 Å². The van der Waals surface area contributed by atoms with Crippen LogP contribution in [0.1, 0.15) is 21.5 Å². The predicted octanol–water partition coefficient (Wildman–Crippen LogP) is 4.42. The maximum Gasteiger partial charge on any atom is 0.573 e. The topological polar surface area (TPSA) is 128 Å². The quantitative estimate of drug-likeness (QED) is 0.226. The molecule has 0 spiro atoms. The van der Waals surface area contributed by atoms with Gasteiger partial charge in [-0.15, -0.1) is 13.2 Å². The Morgan fingerprint density at radius 1 is 1.02 bits per heavy atom. The van der Waals surface area contributed by atoms with Crippen molar-refractivity contribution in [3.63, 3.8) is 0 Å². The van der Waals surface area contributed by atoms with E-state index in [1.807, 2.05) is 0 Å². The van der Waals surface area contributed by atoms with Crippen molar-refractivity contribution in [1.29, 1.82) is 0 Å². The summed E-state index contributed by atoms with van der Waals surface area (Å²) in [7, 11) is 2.76. The van der Waals surface area contributed by atoms with E-state index in [2.05, 4.69) is 20.6 Å². The molecule has 0 bridgehead atoms. The van der Waals surface area contributed by atoms with Gasteiger partial charge < -0.3 is 29.4 Å². The van der Waals surface area contributed by atoms with Gasteiger partial charge in [0, 0.05) is 17.7 Å². The van der Waals surface area contributed by atoms with Gasteiger partial charge in [-0.2, -0.15) is 5.10 Å². The Balaban J connectivity index is 1.58. The Labute approximate surface area is 231 Å². The highest BCUT2D eigenvalue weighted by molar-refractivity contribution is 6.32. The van der Waals surface area contributed by atoms with Gasteiger partial charge >= 0.3 is 6.36 Å². The molecule has 10 nitrogen and oxygen atoms in total. The van der Waals surface area contributed by atoms with Gasteiger partial charge in [0.15, 0.2) is 18.1 Å². The van der Waals surface area contributed by atoms with Crippen LogP contribution in [0.2, 0.25) is 5.02 Å². The molecule has 0 radical (unpaired) electrons. The van der Waals surface area contributed by atoms with Crippen LogP contribution < -0.4 is 29.7 Å². The molecule has 40 heavy (non-hydrogen) atoms. The molecule has 3 rings (SSSR count). The smallest absolute Gasteiger partial charge is 0.506 e. The molecule has 3 aromatic carbocycles. The summed E-state index contributed by atoms with van der Waals surface area (Å²) in [6.07, 6.45) is -3.47. The number of phenolic OH excluding ortho intramolecular Hbond substituents is 1. The van der Waals surface area contributed by atoms with E-state index in [0.29, 0.717) is 11.1 Å². The Hall–Kier alpha value is -4.65. The average molecular weight is 582 g/mol. The number of carbonyl (C=O) groups is 2. The van der Waals surface area contributed by atoms with Crippen LogP contribution in [-0.2, 0) is 11.3 Å². The molecule has 0 unspecified atom stereocenters. The molecule has 0 saturated carbocycles. The number of halogens is 4. The molecule has 0 aliphatic rings. The third-order valence-electron chi connectivity index (χ3n) is 5.07. The van der Waals surface area contributed by atoms with E-state index in [-0.39, 0.29) is 45.9 Å². The summed E-state index contributed by atoms with van der Waals surface area (Å²) in [5, 5.41) is 16.0. The number of aromatic hydroxyl groups is 1. The molecule has 0 aliphatic carbocycles. The minimum absolute atomic E-state index is 0.0176. The minimum atomic E-state index is -4.79. The van der Waals surface area contributed by atoms with Gasteiger partial charge in [0.2, 0.25) is 5.75 Å². The Morgan fingerprint density at radius 3 is 2.25 bits per heavy atom. The van der Waals surface area contributed by atoms with Crippen molar-refractivity contribution in [1.82, 2.24) is 10.7 Å². The number of amides is 2. The number of nitrogens with one attached hydrogen (secondary N) is 2. The normalized spacial score (nSPS) is 11.2. The van der Waals surface area contributed by atoms with Crippen molar-refractivity contribution < 1.29 is 46.8 Å². The second-order valence-corrected chi connectivity index (χ2v) is 8.28. The molecular weight excluding hydrogens is 559 g/mol. The summed E-state index contributed by atoms with van der Waals surface area (Å²) in [5.74, 6) is -1.04. The minimum Gasteiger partial charge on any atom is -0.506 e. The molecule has 3 N–H and O–H groups in total. The highest BCUT2D eigenvalue weighted by Gasteiger charge is 2.31. The van der Waals surface area contributed by atoms with Crippen LogP contribution in [0, 0.1) is 0 Å². The molecular formula is C26H23ClF3N3O7. The number of hydrogen-bond acceptors (Lipinski definition) is 8. The number of phenols is 1. The maximum absolute atomic E-state index is 12.3. The molecule has 0 aliphatic heterocycles. The van der Waals surface area contributed by atoms with Crippen LogP contribution in [0.15, 0.2) is 59.7 Å². The van der Waals surface area contributed by atoms with Crippen molar-refractivity contribution in [3.05, 3.63) is 76.3 Å². The van der Waals surface area contributed by atoms with Gasteiger partial charge in [0.1, 0.15) is 11.5 Å². The number of rotatable bonds is 11. The summed E-state index contributed by atoms with van der Waals surface area (Å²) in [6, 6.07) is 12.1. The summed E-state index contributed by atoms with van der Waals surface area (Å²) >= 11 is 5.81. The van der Waals surface area contributed by atoms with Gasteiger partial charge in [-0.3, -0.25) is 9.59 Å². The lowest BCUT2D eigenvalue weighted by molar-refractivity contribution is -0.274. The van der Waals surface area contributed by atoms with E-state index < -0.39 is 24.8 Å². The van der Waals surface area contributed by atoms with Crippen LogP contribution in [0.5, 0.6) is 28.7 Å². The van der Waals surface area contributed by atoms with E-state index in [4.69, 9.17) is 25.8 Å². The zero-order chi connectivity index (χ0) is 29.3. The van der Waals surface area contributed by atoms with E-state index in [0.717, 1.165) is 12.1 Å². The fourth-order valence-electron chi connectivity index (χ4n) is 3.19. The highest BCUT2D eigenvalue weighted by atomic mass is 35.5. The van der Waals surface area contributed by atoms with Gasteiger partial charge in [-0.05, 0) is 48.0 Å². The zero-order valence-electron chi connectivity index (χ0n) is 21.0. The summed E-state index contributed by atoms with van der Waals surface area (Å²) < 4.78 is 56.9. The van der Waals surface area contributed by atoms with Crippen molar-refractivity contribution in [2.24, 2.45) is 5.10 Å². The number of hydrogen-bond donors (Lipinski definition) is 3. The van der Waals surface area contributed by atoms with E-state index in [1.165, 1.54) is 62.9 Å². The number of ether oxygens (including phenoxy) is 4. The number of carbonyl (C=O) groups excluding carboxylic acids is 2. The molecule has 0 saturated heterocycles. The largest absolute Gasteiger partial charge is 0.573 e. The predicted molar refractivity (Wildman–Crippen MR) is 138 cm³/mol. The number of nitrogens with zero attached hydrogens (tertiary/aromatic N) is 1. The second-order valence-electron chi connectivity index (χ2n) is 7.88. The Bertz CT molecular complexity index is 1360. The van der Waals surface area contributed by atoms with Crippen LogP contribution in [-0.4, -0.2) is 50.3 Å². The monoisotopic (exact) mass is 581 g/mol. The van der Waals surface area contributed by atoms with Gasteiger partial charge in [0.25, 0.3) is 11.8 Å². The van der Waals surface area contributed by atoms with Crippen molar-refractivity contribution >= 4 is 29.6 Å². The van der Waals surface area contributed by atoms with Crippen molar-refractivity contribution in [3.8, 4) is 28.7 Å². The molecule has 0 fully saturated rings. The first kappa shape index (κ1) is 29.9. The number of methoxy groups -OCH3 is 2. The van der Waals surface area contributed by atoms with Crippen molar-refractivity contribution in [2.45, 2.75) is 12.9 Å². The zero-order valence-corrected chi connectivity index (χ0v) is 21.8. The standard InChI is InChI=1S/C26H23ClF3N3O7/c1-37-21-9-16(13-32-33-25(36)17-5-8-20(34)19(27)11-17)10-22(38-2)24(21)39-14-23(35)31-12-15-3-6-18(7-4-15)40-26(28,29)30/h3-11,13,34H,12,14H2,1-2H3,(H,31,35)(H,33,36). The van der Waals surface area contributed by atoms with Crippen LogP contribution >= 0.6 is 11.6 Å². The first-order chi connectivity index (χ1) is 19.0. The molecule has 0 atom stereocenters. The number of hydrazone groups is 1. The third kappa shape index (κ3) is 8.70. The Morgan fingerprint density at radius 2 is 1.68 bits per heavy atom. The molecule has 3 aromatic rings. The molecule has 0 heterocycles. The Kier molecular flexibility index (Phi) is 10.0. The van der Waals surface area contributed by atoms with Gasteiger partial charge in [0.05, 0.1) is 25.5 Å². The number of benzene rings is 3. The van der Waals surface area contributed by atoms with Crippen molar-refractivity contribution in [2.75, 3.05) is 20.8 Å². The number of alkyl halides is 3. The fourth-order valence-corrected chi connectivity index (χ4v) is 3.37. The van der Waals surface area contributed by atoms with Gasteiger partial charge in [-0.1, -0.05) is 23.7 Å². The van der Waals surface area contributed by atoms with Crippen LogP contribution in [0.4, 0.5) is 13.2 Å². The lowest BCUT2D eigenvalue weighted by Crippen LogP contribution is -2.28. The van der Waals surface area contributed by atoms with Crippen LogP contribution in [0.25, 0.3) is 0 Å². The van der Waals surface area contributed by atoms with E-state index >= 15 is 0 Å². The fraction of sp³-hybridized carbons (Fsp3) is 0.192. The maximum atomic E-state index is 12.3. The summed E-state index contributed by atoms with van der Waals surface area (Å²) in [5.41, 5.74) is 3.53. The third-order valence-corrected chi connectivity index (χ3v) is 5.37. The first-order valence-corrected chi connectivity index (χ1v) is 11.7. The highest BCUT2D eigenvalue weighted by Crippen LogP contribution is 2.38. The summed E-state index contributed by atoms with van der Waals surface area (Å²) in [6.45, 7) is -0.374. The average Bonchev–Trinajstić information content (AvgIpc) is 2.91. The molecule has 212 valence electrons. The first-order valence-electron chi connectivity index (χ1n) is 11.3. The van der Waals surface area contributed by atoms with Gasteiger partial charge in [-0.25, -0.2) is 5.43 Å². The molecule has 2 amide bonds. The van der Waals surface area contributed by atoms with E-state index in [1.54, 1.807) is 0 Å². The molecule has 14 heteroatoms. The second kappa shape index (κ2) is 13.4. The van der Waals surface area contributed by atoms with E-state index in [9.17, 15) is 27.9 Å². The lowest BCUT2D eigenvalue weighted by atomic mass is 10.2.